The molecule has 0 radical (unpaired) electrons. The molecule has 2 nitrogen and oxygen atoms in total. The number of rotatable bonds is 4. The van der Waals surface area contributed by atoms with Gasteiger partial charge >= 0.3 is 0 Å². The highest BCUT2D eigenvalue weighted by molar-refractivity contribution is 9.10. The molecular formula is C13H14BrClFNO. The van der Waals surface area contributed by atoms with Crippen LogP contribution in [0, 0.1) is 5.82 Å². The highest BCUT2D eigenvalue weighted by atomic mass is 79.9. The van der Waals surface area contributed by atoms with E-state index in [-0.39, 0.29) is 17.8 Å². The molecule has 1 saturated carbocycles. The fourth-order valence-electron chi connectivity index (χ4n) is 2.06. The predicted octanol–water partition coefficient (Wildman–Crippen LogP) is 3.82. The molecule has 5 heteroatoms. The van der Waals surface area contributed by atoms with Crippen LogP contribution in [0.25, 0.3) is 0 Å². The van der Waals surface area contributed by atoms with Crippen LogP contribution in [0.3, 0.4) is 0 Å². The molecule has 0 N–H and O–H groups in total. The van der Waals surface area contributed by atoms with Crippen molar-refractivity contribution in [2.45, 2.75) is 25.3 Å². The fourth-order valence-corrected chi connectivity index (χ4v) is 2.76. The molecule has 0 atom stereocenters. The van der Waals surface area contributed by atoms with Crippen molar-refractivity contribution in [2.75, 3.05) is 12.4 Å². The van der Waals surface area contributed by atoms with Crippen LogP contribution in [0.1, 0.15) is 29.6 Å². The number of hydrogen-bond acceptors (Lipinski definition) is 1. The van der Waals surface area contributed by atoms with Crippen LogP contribution in [0.15, 0.2) is 22.7 Å². The van der Waals surface area contributed by atoms with Gasteiger partial charge in [0.15, 0.2) is 0 Å². The van der Waals surface area contributed by atoms with E-state index in [1.165, 1.54) is 18.2 Å². The van der Waals surface area contributed by atoms with Crippen molar-refractivity contribution in [1.82, 2.24) is 4.90 Å². The quantitative estimate of drug-likeness (QED) is 0.767. The molecule has 0 saturated heterocycles. The summed E-state index contributed by atoms with van der Waals surface area (Å²) in [5.74, 6) is -0.0145. The third kappa shape index (κ3) is 2.86. The number of alkyl halides is 1. The van der Waals surface area contributed by atoms with Gasteiger partial charge in [-0.3, -0.25) is 4.79 Å². The lowest BCUT2D eigenvalue weighted by molar-refractivity contribution is 0.0597. The Kier molecular flexibility index (Phi) is 4.62. The van der Waals surface area contributed by atoms with E-state index in [2.05, 4.69) is 15.9 Å². The Bertz CT molecular complexity index is 451. The molecule has 1 aromatic rings. The third-order valence-electron chi connectivity index (χ3n) is 3.26. The average Bonchev–Trinajstić information content (AvgIpc) is 2.25. The van der Waals surface area contributed by atoms with Crippen molar-refractivity contribution in [3.8, 4) is 0 Å². The van der Waals surface area contributed by atoms with Crippen LogP contribution in [0.4, 0.5) is 4.39 Å². The largest absolute Gasteiger partial charge is 0.334 e. The minimum Gasteiger partial charge on any atom is -0.334 e. The number of carbonyl (C=O) groups excluding carboxylic acids is 1. The van der Waals surface area contributed by atoms with E-state index in [4.69, 9.17) is 11.6 Å². The first-order valence-corrected chi connectivity index (χ1v) is 7.28. The van der Waals surface area contributed by atoms with Gasteiger partial charge in [-0.25, -0.2) is 4.39 Å². The maximum atomic E-state index is 13.0. The van der Waals surface area contributed by atoms with E-state index < -0.39 is 0 Å². The summed E-state index contributed by atoms with van der Waals surface area (Å²) in [5, 5.41) is 0. The second-order valence-corrected chi connectivity index (χ2v) is 5.63. The van der Waals surface area contributed by atoms with Crippen LogP contribution in [0.2, 0.25) is 0 Å². The highest BCUT2D eigenvalue weighted by Crippen LogP contribution is 2.28. The van der Waals surface area contributed by atoms with Gasteiger partial charge < -0.3 is 4.90 Å². The Morgan fingerprint density at radius 1 is 1.50 bits per heavy atom. The summed E-state index contributed by atoms with van der Waals surface area (Å²) >= 11 is 8.99. The molecule has 0 bridgehead atoms. The smallest absolute Gasteiger partial charge is 0.255 e. The van der Waals surface area contributed by atoms with Crippen molar-refractivity contribution in [1.29, 1.82) is 0 Å². The lowest BCUT2D eigenvalue weighted by atomic mass is 9.91. The molecule has 98 valence electrons. The Labute approximate surface area is 119 Å². The van der Waals surface area contributed by atoms with E-state index >= 15 is 0 Å². The molecule has 1 aliphatic rings. The van der Waals surface area contributed by atoms with Crippen LogP contribution >= 0.6 is 27.5 Å². The molecule has 0 aromatic heterocycles. The summed E-state index contributed by atoms with van der Waals surface area (Å²) in [4.78, 5) is 14.2. The zero-order valence-electron chi connectivity index (χ0n) is 9.83. The van der Waals surface area contributed by atoms with Crippen molar-refractivity contribution in [3.05, 3.63) is 34.1 Å². The molecule has 0 aliphatic heterocycles. The third-order valence-corrected chi connectivity index (χ3v) is 4.09. The second-order valence-electron chi connectivity index (χ2n) is 4.40. The molecule has 2 rings (SSSR count). The van der Waals surface area contributed by atoms with Gasteiger partial charge in [0, 0.05) is 22.9 Å². The van der Waals surface area contributed by atoms with E-state index in [1.807, 2.05) is 0 Å². The summed E-state index contributed by atoms with van der Waals surface area (Å²) in [5.41, 5.74) is 0.494. The number of benzene rings is 1. The van der Waals surface area contributed by atoms with Gasteiger partial charge in [-0.2, -0.15) is 0 Å². The Hall–Kier alpha value is -0.610. The zero-order chi connectivity index (χ0) is 13.1. The van der Waals surface area contributed by atoms with Gasteiger partial charge in [0.25, 0.3) is 5.91 Å². The monoisotopic (exact) mass is 333 g/mol. The lowest BCUT2D eigenvalue weighted by Crippen LogP contribution is -2.45. The van der Waals surface area contributed by atoms with Crippen LogP contribution in [-0.4, -0.2) is 29.3 Å². The Morgan fingerprint density at radius 3 is 2.72 bits per heavy atom. The number of hydrogen-bond donors (Lipinski definition) is 0. The van der Waals surface area contributed by atoms with Gasteiger partial charge in [-0.15, -0.1) is 11.6 Å². The number of nitrogens with zero attached hydrogens (tertiary/aromatic N) is 1. The Morgan fingerprint density at radius 2 is 2.22 bits per heavy atom. The molecule has 1 aromatic carbocycles. The van der Waals surface area contributed by atoms with Gasteiger partial charge in [-0.05, 0) is 53.4 Å². The summed E-state index contributed by atoms with van der Waals surface area (Å²) in [6.45, 7) is 0.537. The maximum absolute atomic E-state index is 13.0. The van der Waals surface area contributed by atoms with Crippen LogP contribution < -0.4 is 0 Å². The van der Waals surface area contributed by atoms with Gasteiger partial charge in [0.1, 0.15) is 5.82 Å². The lowest BCUT2D eigenvalue weighted by Gasteiger charge is -2.37. The second kappa shape index (κ2) is 6.02. The van der Waals surface area contributed by atoms with E-state index in [9.17, 15) is 9.18 Å². The highest BCUT2D eigenvalue weighted by Gasteiger charge is 2.29. The molecule has 18 heavy (non-hydrogen) atoms. The normalized spacial score (nSPS) is 15.3. The molecular weight excluding hydrogens is 321 g/mol. The first-order valence-electron chi connectivity index (χ1n) is 5.95. The zero-order valence-corrected chi connectivity index (χ0v) is 12.2. The van der Waals surface area contributed by atoms with Crippen molar-refractivity contribution in [3.63, 3.8) is 0 Å². The molecule has 0 unspecified atom stereocenters. The molecule has 1 amide bonds. The summed E-state index contributed by atoms with van der Waals surface area (Å²) in [7, 11) is 0. The first-order chi connectivity index (χ1) is 8.63. The first kappa shape index (κ1) is 13.8. The van der Waals surface area contributed by atoms with Gasteiger partial charge in [0.2, 0.25) is 0 Å². The fraction of sp³-hybridized carbons (Fsp3) is 0.462. The molecule has 0 spiro atoms. The Balaban J connectivity index is 2.21. The number of carbonyl (C=O) groups is 1. The number of halogens is 3. The van der Waals surface area contributed by atoms with Gasteiger partial charge in [-0.1, -0.05) is 0 Å². The van der Waals surface area contributed by atoms with Crippen molar-refractivity contribution < 1.29 is 9.18 Å². The van der Waals surface area contributed by atoms with Crippen LogP contribution in [-0.2, 0) is 0 Å². The maximum Gasteiger partial charge on any atom is 0.255 e. The molecule has 1 aliphatic carbocycles. The van der Waals surface area contributed by atoms with E-state index in [0.29, 0.717) is 22.5 Å². The van der Waals surface area contributed by atoms with Crippen molar-refractivity contribution in [2.24, 2.45) is 0 Å². The van der Waals surface area contributed by atoms with Gasteiger partial charge in [0.05, 0.1) is 5.56 Å². The summed E-state index contributed by atoms with van der Waals surface area (Å²) in [6, 6.07) is 4.42. The standard InChI is InChI=1S/C13H14BrClFNO/c14-12-8-9(16)4-5-11(12)13(18)17(7-6-15)10-2-1-3-10/h4-5,8,10H,1-3,6-7H2. The SMILES string of the molecule is O=C(c1ccc(F)cc1Br)N(CCCl)C1CCC1. The molecule has 1 fully saturated rings. The summed E-state index contributed by atoms with van der Waals surface area (Å²) < 4.78 is 13.5. The number of amides is 1. The van der Waals surface area contributed by atoms with Crippen molar-refractivity contribution >= 4 is 33.4 Å². The minimum absolute atomic E-state index is 0.0766. The molecule has 0 heterocycles. The summed E-state index contributed by atoms with van der Waals surface area (Å²) in [6.07, 6.45) is 3.21. The predicted molar refractivity (Wildman–Crippen MR) is 73.5 cm³/mol. The average molecular weight is 335 g/mol. The van der Waals surface area contributed by atoms with E-state index in [1.54, 1.807) is 4.90 Å². The van der Waals surface area contributed by atoms with Crippen LogP contribution in [0.5, 0.6) is 0 Å². The van der Waals surface area contributed by atoms with E-state index in [0.717, 1.165) is 19.3 Å². The topological polar surface area (TPSA) is 20.3 Å². The minimum atomic E-state index is -0.356.